The SMILES string of the molecule is C/C=C/C(OO)C(C)C. The van der Waals surface area contributed by atoms with E-state index in [0.717, 1.165) is 0 Å². The van der Waals surface area contributed by atoms with Crippen molar-refractivity contribution in [2.24, 2.45) is 5.92 Å². The summed E-state index contributed by atoms with van der Waals surface area (Å²) in [6.45, 7) is 5.87. The highest BCUT2D eigenvalue weighted by atomic mass is 17.1. The van der Waals surface area contributed by atoms with Crippen molar-refractivity contribution in [3.8, 4) is 0 Å². The predicted octanol–water partition coefficient (Wildman–Crippen LogP) is 2.08. The zero-order chi connectivity index (χ0) is 7.28. The van der Waals surface area contributed by atoms with Crippen LogP contribution in [0, 0.1) is 5.92 Å². The number of rotatable bonds is 3. The summed E-state index contributed by atoms with van der Waals surface area (Å²) in [5.74, 6) is 0.325. The Kier molecular flexibility index (Phi) is 4.36. The van der Waals surface area contributed by atoms with Crippen molar-refractivity contribution in [2.45, 2.75) is 26.9 Å². The zero-order valence-corrected chi connectivity index (χ0v) is 6.16. The van der Waals surface area contributed by atoms with Gasteiger partial charge in [-0.25, -0.2) is 4.89 Å². The lowest BCUT2D eigenvalue weighted by Gasteiger charge is -2.11. The van der Waals surface area contributed by atoms with Crippen molar-refractivity contribution >= 4 is 0 Å². The molecule has 0 rings (SSSR count). The van der Waals surface area contributed by atoms with Gasteiger partial charge in [-0.05, 0) is 12.8 Å². The van der Waals surface area contributed by atoms with Crippen LogP contribution in [0.3, 0.4) is 0 Å². The van der Waals surface area contributed by atoms with Gasteiger partial charge in [0, 0.05) is 0 Å². The van der Waals surface area contributed by atoms with E-state index in [1.165, 1.54) is 0 Å². The first-order valence-corrected chi connectivity index (χ1v) is 3.15. The van der Waals surface area contributed by atoms with Crippen LogP contribution >= 0.6 is 0 Å². The molecule has 0 spiro atoms. The van der Waals surface area contributed by atoms with Crippen LogP contribution < -0.4 is 0 Å². The normalized spacial score (nSPS) is 15.2. The Morgan fingerprint density at radius 3 is 2.11 bits per heavy atom. The minimum atomic E-state index is -0.157. The minimum Gasteiger partial charge on any atom is -0.251 e. The molecule has 0 bridgehead atoms. The molecular weight excluding hydrogens is 116 g/mol. The highest BCUT2D eigenvalue weighted by Crippen LogP contribution is 2.05. The molecule has 2 heteroatoms. The molecule has 0 aliphatic heterocycles. The van der Waals surface area contributed by atoms with Gasteiger partial charge in [0.05, 0.1) is 0 Å². The molecule has 0 saturated heterocycles. The fraction of sp³-hybridized carbons (Fsp3) is 0.714. The van der Waals surface area contributed by atoms with E-state index in [9.17, 15) is 0 Å². The number of allylic oxidation sites excluding steroid dienone is 1. The van der Waals surface area contributed by atoms with Crippen LogP contribution in [0.4, 0.5) is 0 Å². The van der Waals surface area contributed by atoms with Gasteiger partial charge in [-0.2, -0.15) is 0 Å². The second-order valence-electron chi connectivity index (χ2n) is 2.34. The quantitative estimate of drug-likeness (QED) is 0.360. The summed E-state index contributed by atoms with van der Waals surface area (Å²) >= 11 is 0. The Morgan fingerprint density at radius 1 is 1.44 bits per heavy atom. The Hall–Kier alpha value is -0.340. The molecule has 0 aromatic carbocycles. The molecule has 1 atom stereocenters. The van der Waals surface area contributed by atoms with Crippen LogP contribution in [0.15, 0.2) is 12.2 Å². The molecule has 9 heavy (non-hydrogen) atoms. The van der Waals surface area contributed by atoms with Crippen LogP contribution in [0.25, 0.3) is 0 Å². The summed E-state index contributed by atoms with van der Waals surface area (Å²) in [6, 6.07) is 0. The average Bonchev–Trinajstić information content (AvgIpc) is 1.82. The molecule has 0 radical (unpaired) electrons. The van der Waals surface area contributed by atoms with Gasteiger partial charge in [-0.15, -0.1) is 0 Å². The molecule has 0 heterocycles. The highest BCUT2D eigenvalue weighted by Gasteiger charge is 2.07. The lowest BCUT2D eigenvalue weighted by molar-refractivity contribution is -0.274. The molecule has 0 amide bonds. The van der Waals surface area contributed by atoms with Gasteiger partial charge in [0.1, 0.15) is 6.10 Å². The van der Waals surface area contributed by atoms with Gasteiger partial charge in [-0.1, -0.05) is 26.0 Å². The van der Waals surface area contributed by atoms with Crippen molar-refractivity contribution in [2.75, 3.05) is 0 Å². The van der Waals surface area contributed by atoms with E-state index in [1.807, 2.05) is 32.9 Å². The number of hydrogen-bond donors (Lipinski definition) is 1. The lowest BCUT2D eigenvalue weighted by atomic mass is 10.1. The first kappa shape index (κ1) is 8.66. The van der Waals surface area contributed by atoms with E-state index >= 15 is 0 Å². The highest BCUT2D eigenvalue weighted by molar-refractivity contribution is 4.87. The average molecular weight is 130 g/mol. The van der Waals surface area contributed by atoms with Crippen molar-refractivity contribution in [1.82, 2.24) is 0 Å². The fourth-order valence-electron chi connectivity index (χ4n) is 0.569. The summed E-state index contributed by atoms with van der Waals surface area (Å²) in [5, 5.41) is 8.28. The molecule has 1 unspecified atom stereocenters. The van der Waals surface area contributed by atoms with Crippen LogP contribution in [0.2, 0.25) is 0 Å². The van der Waals surface area contributed by atoms with Gasteiger partial charge < -0.3 is 0 Å². The Bertz CT molecular complexity index is 86.9. The molecule has 54 valence electrons. The monoisotopic (exact) mass is 130 g/mol. The first-order chi connectivity index (χ1) is 4.22. The molecule has 0 aliphatic rings. The summed E-state index contributed by atoms with van der Waals surface area (Å²) in [4.78, 5) is 4.17. The standard InChI is InChI=1S/C7H14O2/c1-4-5-7(9-8)6(2)3/h4-8H,1-3H3/b5-4+. The van der Waals surface area contributed by atoms with Crippen LogP contribution in [0.5, 0.6) is 0 Å². The second kappa shape index (κ2) is 4.53. The largest absolute Gasteiger partial charge is 0.251 e. The maximum Gasteiger partial charge on any atom is 0.113 e. The topological polar surface area (TPSA) is 29.5 Å². The van der Waals surface area contributed by atoms with Gasteiger partial charge in [0.25, 0.3) is 0 Å². The maximum atomic E-state index is 8.28. The van der Waals surface area contributed by atoms with Crippen molar-refractivity contribution in [3.63, 3.8) is 0 Å². The zero-order valence-electron chi connectivity index (χ0n) is 6.16. The molecule has 0 saturated carbocycles. The molecule has 0 aliphatic carbocycles. The van der Waals surface area contributed by atoms with E-state index in [1.54, 1.807) is 0 Å². The Labute approximate surface area is 56.1 Å². The lowest BCUT2D eigenvalue weighted by Crippen LogP contribution is -2.14. The van der Waals surface area contributed by atoms with Gasteiger partial charge in [0.15, 0.2) is 0 Å². The molecular formula is C7H14O2. The molecule has 0 aromatic heterocycles. The van der Waals surface area contributed by atoms with Gasteiger partial charge >= 0.3 is 0 Å². The van der Waals surface area contributed by atoms with Crippen molar-refractivity contribution < 1.29 is 10.1 Å². The third-order valence-corrected chi connectivity index (χ3v) is 1.16. The van der Waals surface area contributed by atoms with Gasteiger partial charge in [-0.3, -0.25) is 5.26 Å². The van der Waals surface area contributed by atoms with Crippen LogP contribution in [-0.4, -0.2) is 11.4 Å². The molecule has 1 N–H and O–H groups in total. The molecule has 0 aromatic rings. The first-order valence-electron chi connectivity index (χ1n) is 3.15. The van der Waals surface area contributed by atoms with E-state index < -0.39 is 0 Å². The summed E-state index contributed by atoms with van der Waals surface area (Å²) in [7, 11) is 0. The molecule has 0 fully saturated rings. The number of hydrogen-bond acceptors (Lipinski definition) is 2. The van der Waals surface area contributed by atoms with Gasteiger partial charge in [0.2, 0.25) is 0 Å². The van der Waals surface area contributed by atoms with Crippen molar-refractivity contribution in [3.05, 3.63) is 12.2 Å². The smallest absolute Gasteiger partial charge is 0.113 e. The summed E-state index contributed by atoms with van der Waals surface area (Å²) in [5.41, 5.74) is 0. The Morgan fingerprint density at radius 2 is 2.00 bits per heavy atom. The van der Waals surface area contributed by atoms with E-state index in [0.29, 0.717) is 5.92 Å². The van der Waals surface area contributed by atoms with E-state index in [2.05, 4.69) is 4.89 Å². The Balaban J connectivity index is 3.68. The van der Waals surface area contributed by atoms with E-state index in [4.69, 9.17) is 5.26 Å². The predicted molar refractivity (Wildman–Crippen MR) is 37.2 cm³/mol. The second-order valence-corrected chi connectivity index (χ2v) is 2.34. The van der Waals surface area contributed by atoms with Crippen molar-refractivity contribution in [1.29, 1.82) is 0 Å². The summed E-state index contributed by atoms with van der Waals surface area (Å²) < 4.78 is 0. The minimum absolute atomic E-state index is 0.157. The third kappa shape index (κ3) is 3.27. The maximum absolute atomic E-state index is 8.28. The van der Waals surface area contributed by atoms with E-state index in [-0.39, 0.29) is 6.10 Å². The third-order valence-electron chi connectivity index (χ3n) is 1.16. The fourth-order valence-corrected chi connectivity index (χ4v) is 0.569. The summed E-state index contributed by atoms with van der Waals surface area (Å²) in [6.07, 6.45) is 3.53. The molecule has 2 nitrogen and oxygen atoms in total. The van der Waals surface area contributed by atoms with Crippen LogP contribution in [0.1, 0.15) is 20.8 Å². The van der Waals surface area contributed by atoms with Crippen LogP contribution in [-0.2, 0) is 4.89 Å².